The third kappa shape index (κ3) is 0.711. The SMILES string of the molecule is CCC1(C#N)CN1C(=O)O. The van der Waals surface area contributed by atoms with Crippen LogP contribution in [0.15, 0.2) is 0 Å². The standard InChI is InChI=1S/C6H8N2O2/c1-2-6(3-7)4-8(6)5(9)10/h2,4H2,1H3,(H,9,10). The number of nitrogens with zero attached hydrogens (tertiary/aromatic N) is 2. The molecule has 0 spiro atoms. The van der Waals surface area contributed by atoms with Gasteiger partial charge in [0, 0.05) is 0 Å². The first-order valence-electron chi connectivity index (χ1n) is 3.08. The molecule has 10 heavy (non-hydrogen) atoms. The quantitative estimate of drug-likeness (QED) is 0.544. The molecular formula is C6H8N2O2. The van der Waals surface area contributed by atoms with Crippen LogP contribution in [0.3, 0.4) is 0 Å². The van der Waals surface area contributed by atoms with Gasteiger partial charge in [0.05, 0.1) is 12.6 Å². The van der Waals surface area contributed by atoms with E-state index in [1.165, 1.54) is 0 Å². The van der Waals surface area contributed by atoms with Crippen LogP contribution in [0.4, 0.5) is 4.79 Å². The van der Waals surface area contributed by atoms with E-state index in [4.69, 9.17) is 10.4 Å². The molecule has 1 atom stereocenters. The fourth-order valence-corrected chi connectivity index (χ4v) is 0.954. The predicted octanol–water partition coefficient (Wildman–Crippen LogP) is 0.652. The van der Waals surface area contributed by atoms with Gasteiger partial charge in [0.2, 0.25) is 0 Å². The fourth-order valence-electron chi connectivity index (χ4n) is 0.954. The summed E-state index contributed by atoms with van der Waals surface area (Å²) in [6, 6.07) is 1.98. The first kappa shape index (κ1) is 6.87. The highest BCUT2D eigenvalue weighted by Crippen LogP contribution is 2.34. The molecule has 0 aromatic rings. The van der Waals surface area contributed by atoms with Crippen molar-refractivity contribution in [2.24, 2.45) is 0 Å². The van der Waals surface area contributed by atoms with Crippen LogP contribution >= 0.6 is 0 Å². The summed E-state index contributed by atoms with van der Waals surface area (Å²) in [6.07, 6.45) is -0.418. The Kier molecular flexibility index (Phi) is 1.29. The molecule has 1 aliphatic heterocycles. The number of amides is 1. The highest BCUT2D eigenvalue weighted by atomic mass is 16.4. The van der Waals surface area contributed by atoms with Crippen LogP contribution in [-0.2, 0) is 0 Å². The molecule has 1 heterocycles. The van der Waals surface area contributed by atoms with Crippen LogP contribution in [-0.4, -0.2) is 28.2 Å². The zero-order valence-electron chi connectivity index (χ0n) is 5.66. The topological polar surface area (TPSA) is 64.1 Å². The van der Waals surface area contributed by atoms with Gasteiger partial charge in [0.1, 0.15) is 0 Å². The third-order valence-electron chi connectivity index (χ3n) is 1.86. The average Bonchev–Trinajstić information content (AvgIpc) is 2.63. The monoisotopic (exact) mass is 140 g/mol. The van der Waals surface area contributed by atoms with Gasteiger partial charge < -0.3 is 5.11 Å². The highest BCUT2D eigenvalue weighted by Gasteiger charge is 2.54. The van der Waals surface area contributed by atoms with Gasteiger partial charge in [-0.05, 0) is 6.42 Å². The van der Waals surface area contributed by atoms with E-state index >= 15 is 0 Å². The summed E-state index contributed by atoms with van der Waals surface area (Å²) in [5.41, 5.74) is -0.689. The van der Waals surface area contributed by atoms with Crippen LogP contribution in [0.1, 0.15) is 13.3 Å². The van der Waals surface area contributed by atoms with E-state index in [0.29, 0.717) is 13.0 Å². The second-order valence-electron chi connectivity index (χ2n) is 2.37. The Morgan fingerprint density at radius 2 is 2.60 bits per heavy atom. The number of nitriles is 1. The lowest BCUT2D eigenvalue weighted by molar-refractivity contribution is 0.173. The lowest BCUT2D eigenvalue weighted by Gasteiger charge is -2.00. The Bertz CT molecular complexity index is 208. The van der Waals surface area contributed by atoms with E-state index in [-0.39, 0.29) is 0 Å². The Hall–Kier alpha value is -1.24. The molecule has 1 saturated heterocycles. The number of hydrogen-bond acceptors (Lipinski definition) is 2. The van der Waals surface area contributed by atoms with Crippen molar-refractivity contribution in [3.05, 3.63) is 0 Å². The van der Waals surface area contributed by atoms with Crippen molar-refractivity contribution in [2.75, 3.05) is 6.54 Å². The van der Waals surface area contributed by atoms with Gasteiger partial charge in [-0.1, -0.05) is 6.92 Å². The maximum atomic E-state index is 10.3. The fraction of sp³-hybridized carbons (Fsp3) is 0.667. The Morgan fingerprint density at radius 3 is 2.70 bits per heavy atom. The van der Waals surface area contributed by atoms with Crippen LogP contribution in [0.25, 0.3) is 0 Å². The van der Waals surface area contributed by atoms with Crippen molar-refractivity contribution >= 4 is 6.09 Å². The van der Waals surface area contributed by atoms with E-state index < -0.39 is 11.6 Å². The minimum atomic E-state index is -0.997. The molecule has 1 amide bonds. The summed E-state index contributed by atoms with van der Waals surface area (Å²) >= 11 is 0. The molecule has 1 unspecified atom stereocenters. The van der Waals surface area contributed by atoms with Crippen molar-refractivity contribution in [1.82, 2.24) is 4.90 Å². The van der Waals surface area contributed by atoms with Gasteiger partial charge in [-0.15, -0.1) is 0 Å². The molecule has 1 N–H and O–H groups in total. The predicted molar refractivity (Wildman–Crippen MR) is 33.4 cm³/mol. The number of rotatable bonds is 1. The molecule has 0 bridgehead atoms. The maximum absolute atomic E-state index is 10.3. The second kappa shape index (κ2) is 1.87. The number of carbonyl (C=O) groups is 1. The Balaban J connectivity index is 2.64. The molecule has 4 nitrogen and oxygen atoms in total. The minimum absolute atomic E-state index is 0.370. The van der Waals surface area contributed by atoms with Gasteiger partial charge in [-0.25, -0.2) is 4.79 Å². The smallest absolute Gasteiger partial charge is 0.408 e. The van der Waals surface area contributed by atoms with E-state index in [9.17, 15) is 4.79 Å². The average molecular weight is 140 g/mol. The van der Waals surface area contributed by atoms with Crippen LogP contribution in [0, 0.1) is 11.3 Å². The van der Waals surface area contributed by atoms with Crippen molar-refractivity contribution in [1.29, 1.82) is 5.26 Å². The normalized spacial score (nSPS) is 29.4. The van der Waals surface area contributed by atoms with Crippen molar-refractivity contribution in [3.8, 4) is 6.07 Å². The third-order valence-corrected chi connectivity index (χ3v) is 1.86. The molecular weight excluding hydrogens is 132 g/mol. The van der Waals surface area contributed by atoms with Gasteiger partial charge in [-0.3, -0.25) is 4.90 Å². The van der Waals surface area contributed by atoms with E-state index in [0.717, 1.165) is 4.90 Å². The van der Waals surface area contributed by atoms with Gasteiger partial charge in [0.25, 0.3) is 0 Å². The van der Waals surface area contributed by atoms with Gasteiger partial charge >= 0.3 is 6.09 Å². The zero-order valence-corrected chi connectivity index (χ0v) is 5.66. The number of carboxylic acid groups (broad SMARTS) is 1. The summed E-state index contributed by atoms with van der Waals surface area (Å²) < 4.78 is 0. The molecule has 0 saturated carbocycles. The minimum Gasteiger partial charge on any atom is -0.465 e. The molecule has 54 valence electrons. The first-order chi connectivity index (χ1) is 4.66. The van der Waals surface area contributed by atoms with Crippen LogP contribution in [0.5, 0.6) is 0 Å². The molecule has 0 aliphatic carbocycles. The summed E-state index contributed by atoms with van der Waals surface area (Å²) in [5.74, 6) is 0. The van der Waals surface area contributed by atoms with E-state index in [1.54, 1.807) is 0 Å². The number of hydrogen-bond donors (Lipinski definition) is 1. The molecule has 0 radical (unpaired) electrons. The van der Waals surface area contributed by atoms with Gasteiger partial charge in [-0.2, -0.15) is 5.26 Å². The summed E-state index contributed by atoms with van der Waals surface area (Å²) in [4.78, 5) is 11.4. The summed E-state index contributed by atoms with van der Waals surface area (Å²) in [7, 11) is 0. The highest BCUT2D eigenvalue weighted by molar-refractivity contribution is 5.71. The lowest BCUT2D eigenvalue weighted by Crippen LogP contribution is -2.19. The Morgan fingerprint density at radius 1 is 2.00 bits per heavy atom. The van der Waals surface area contributed by atoms with Gasteiger partial charge in [0.15, 0.2) is 5.54 Å². The second-order valence-corrected chi connectivity index (χ2v) is 2.37. The molecule has 1 fully saturated rings. The molecule has 1 rings (SSSR count). The molecule has 0 aromatic heterocycles. The molecule has 0 aromatic carbocycles. The van der Waals surface area contributed by atoms with Crippen LogP contribution < -0.4 is 0 Å². The largest absolute Gasteiger partial charge is 0.465 e. The maximum Gasteiger partial charge on any atom is 0.408 e. The van der Waals surface area contributed by atoms with Crippen LogP contribution in [0.2, 0.25) is 0 Å². The van der Waals surface area contributed by atoms with Crippen molar-refractivity contribution < 1.29 is 9.90 Å². The molecule has 1 aliphatic rings. The summed E-state index contributed by atoms with van der Waals surface area (Å²) in [6.45, 7) is 2.18. The van der Waals surface area contributed by atoms with Crippen molar-refractivity contribution in [2.45, 2.75) is 18.9 Å². The van der Waals surface area contributed by atoms with E-state index in [1.807, 2.05) is 13.0 Å². The summed E-state index contributed by atoms with van der Waals surface area (Å²) in [5, 5.41) is 16.9. The first-order valence-corrected chi connectivity index (χ1v) is 3.08. The van der Waals surface area contributed by atoms with E-state index in [2.05, 4.69) is 0 Å². The Labute approximate surface area is 58.7 Å². The molecule has 4 heteroatoms. The lowest BCUT2D eigenvalue weighted by atomic mass is 10.1. The van der Waals surface area contributed by atoms with Crippen molar-refractivity contribution in [3.63, 3.8) is 0 Å². The zero-order chi connectivity index (χ0) is 7.78.